The van der Waals surface area contributed by atoms with Crippen molar-refractivity contribution in [3.8, 4) is 5.75 Å². The van der Waals surface area contributed by atoms with E-state index in [2.05, 4.69) is 62.2 Å². The summed E-state index contributed by atoms with van der Waals surface area (Å²) in [5.74, 6) is 1.34. The number of benzene rings is 3. The molecule has 0 saturated carbocycles. The van der Waals surface area contributed by atoms with Crippen molar-refractivity contribution in [3.63, 3.8) is 0 Å². The number of amides is 1. The number of hydrogen-bond donors (Lipinski definition) is 1. The molecule has 1 saturated heterocycles. The number of H-pyrrole nitrogens is 1. The number of nitrogens with zero attached hydrogens (tertiary/aromatic N) is 1. The van der Waals surface area contributed by atoms with Gasteiger partial charge in [-0.3, -0.25) is 4.79 Å². The number of piperidine rings is 1. The zero-order valence-electron chi connectivity index (χ0n) is 19.2. The van der Waals surface area contributed by atoms with Crippen molar-refractivity contribution in [3.05, 3.63) is 99.7 Å². The van der Waals surface area contributed by atoms with Gasteiger partial charge in [0.05, 0.1) is 7.11 Å². The van der Waals surface area contributed by atoms with E-state index in [1.165, 1.54) is 27.7 Å². The smallest absolute Gasteiger partial charge is 0.253 e. The minimum absolute atomic E-state index is 0.0393. The first-order valence-electron chi connectivity index (χ1n) is 11.9. The molecule has 4 aromatic rings. The molecule has 1 N–H and O–H groups in total. The molecule has 1 aliphatic heterocycles. The first-order valence-corrected chi connectivity index (χ1v) is 12.6. The lowest BCUT2D eigenvalue weighted by Gasteiger charge is -2.51. The van der Waals surface area contributed by atoms with Crippen LogP contribution in [0, 0.1) is 5.92 Å². The van der Waals surface area contributed by atoms with Crippen molar-refractivity contribution in [2.24, 2.45) is 5.92 Å². The summed E-state index contributed by atoms with van der Waals surface area (Å²) < 4.78 is 6.72. The SMILES string of the molecule is COc1cccc([C@]23CCN(C(=O)c4ccccc4)CC2Cc2c([nH]c4cccc(Br)c24)C3)c1. The van der Waals surface area contributed by atoms with Crippen molar-refractivity contribution in [2.45, 2.75) is 24.7 Å². The number of methoxy groups -OCH3 is 1. The third-order valence-electron chi connectivity index (χ3n) is 7.91. The van der Waals surface area contributed by atoms with Gasteiger partial charge in [-0.1, -0.05) is 52.3 Å². The number of carbonyl (C=O) groups excluding carboxylic acids is 1. The molecule has 2 aliphatic rings. The van der Waals surface area contributed by atoms with Gasteiger partial charge in [-0.25, -0.2) is 0 Å². The number of aromatic nitrogens is 1. The van der Waals surface area contributed by atoms with Gasteiger partial charge in [-0.05, 0) is 72.7 Å². The average Bonchev–Trinajstić information content (AvgIpc) is 3.25. The average molecular weight is 515 g/mol. The Balaban J connectivity index is 1.45. The fraction of sp³-hybridized carbons (Fsp3) is 0.276. The summed E-state index contributed by atoms with van der Waals surface area (Å²) in [6.45, 7) is 1.50. The summed E-state index contributed by atoms with van der Waals surface area (Å²) in [5.41, 5.74) is 5.93. The van der Waals surface area contributed by atoms with Gasteiger partial charge in [0, 0.05) is 45.1 Å². The van der Waals surface area contributed by atoms with E-state index in [0.717, 1.165) is 48.1 Å². The normalized spacial score (nSPS) is 21.7. The number of halogens is 1. The van der Waals surface area contributed by atoms with Crippen LogP contribution in [0.4, 0.5) is 0 Å². The molecule has 1 amide bonds. The van der Waals surface area contributed by atoms with Crippen molar-refractivity contribution in [1.82, 2.24) is 9.88 Å². The van der Waals surface area contributed by atoms with Crippen LogP contribution in [0.5, 0.6) is 5.75 Å². The summed E-state index contributed by atoms with van der Waals surface area (Å²) in [6.07, 6.45) is 2.81. The van der Waals surface area contributed by atoms with E-state index in [0.29, 0.717) is 5.92 Å². The number of carbonyl (C=O) groups is 1. The summed E-state index contributed by atoms with van der Waals surface area (Å²) in [7, 11) is 1.73. The summed E-state index contributed by atoms with van der Waals surface area (Å²) in [5, 5.41) is 1.28. The molecule has 5 heteroatoms. The predicted octanol–water partition coefficient (Wildman–Crippen LogP) is 6.14. The first-order chi connectivity index (χ1) is 16.6. The van der Waals surface area contributed by atoms with Crippen LogP contribution in [-0.4, -0.2) is 36.0 Å². The Morgan fingerprint density at radius 1 is 1.09 bits per heavy atom. The maximum absolute atomic E-state index is 13.4. The Morgan fingerprint density at radius 3 is 2.74 bits per heavy atom. The van der Waals surface area contributed by atoms with Crippen LogP contribution in [0.3, 0.4) is 0 Å². The third-order valence-corrected chi connectivity index (χ3v) is 8.57. The number of hydrogen-bond acceptors (Lipinski definition) is 2. The molecule has 172 valence electrons. The standard InChI is InChI=1S/C29H27BrN2O2/c1-34-22-10-5-9-20(15-22)29-13-14-32(28(33)19-7-3-2-4-8-19)18-21(29)16-23-26(17-29)31-25-12-6-11-24(30)27(23)25/h2-12,15,21,31H,13-14,16-18H2,1H3/t21?,29-/m1/s1. The third kappa shape index (κ3) is 3.37. The topological polar surface area (TPSA) is 45.3 Å². The van der Waals surface area contributed by atoms with Crippen molar-refractivity contribution in [1.29, 1.82) is 0 Å². The molecular weight excluding hydrogens is 488 g/mol. The lowest BCUT2D eigenvalue weighted by Crippen LogP contribution is -2.55. The zero-order valence-corrected chi connectivity index (χ0v) is 20.8. The number of nitrogens with one attached hydrogen (secondary N) is 1. The fourth-order valence-electron chi connectivity index (χ4n) is 6.19. The molecule has 34 heavy (non-hydrogen) atoms. The quantitative estimate of drug-likeness (QED) is 0.357. The number of likely N-dealkylation sites (tertiary alicyclic amines) is 1. The zero-order chi connectivity index (χ0) is 23.3. The van der Waals surface area contributed by atoms with E-state index in [9.17, 15) is 4.79 Å². The second-order valence-corrected chi connectivity index (χ2v) is 10.4. The minimum atomic E-state index is -0.0393. The number of ether oxygens (including phenoxy) is 1. The first kappa shape index (κ1) is 21.5. The minimum Gasteiger partial charge on any atom is -0.497 e. The van der Waals surface area contributed by atoms with Gasteiger partial charge in [0.25, 0.3) is 5.91 Å². The summed E-state index contributed by atoms with van der Waals surface area (Å²) in [6, 6.07) is 24.6. The van der Waals surface area contributed by atoms with Crippen LogP contribution in [0.15, 0.2) is 77.3 Å². The monoisotopic (exact) mass is 514 g/mol. The van der Waals surface area contributed by atoms with Crippen molar-refractivity contribution in [2.75, 3.05) is 20.2 Å². The van der Waals surface area contributed by atoms with Gasteiger partial charge in [-0.2, -0.15) is 0 Å². The molecule has 1 aliphatic carbocycles. The van der Waals surface area contributed by atoms with Gasteiger partial charge in [-0.15, -0.1) is 0 Å². The van der Waals surface area contributed by atoms with E-state index >= 15 is 0 Å². The molecule has 2 atom stereocenters. The number of fused-ring (bicyclic) bond motifs is 4. The highest BCUT2D eigenvalue weighted by atomic mass is 79.9. The molecule has 0 bridgehead atoms. The maximum Gasteiger partial charge on any atom is 0.253 e. The van der Waals surface area contributed by atoms with Crippen LogP contribution >= 0.6 is 15.9 Å². The van der Waals surface area contributed by atoms with Crippen LogP contribution in [0.2, 0.25) is 0 Å². The van der Waals surface area contributed by atoms with Gasteiger partial charge in [0.2, 0.25) is 0 Å². The molecule has 0 radical (unpaired) electrons. The Hall–Kier alpha value is -3.05. The van der Waals surface area contributed by atoms with Crippen LogP contribution < -0.4 is 4.74 Å². The second kappa shape index (κ2) is 8.31. The molecular formula is C29H27BrN2O2. The molecule has 2 heterocycles. The van der Waals surface area contributed by atoms with Gasteiger partial charge < -0.3 is 14.6 Å². The Bertz CT molecular complexity index is 1380. The summed E-state index contributed by atoms with van der Waals surface area (Å²) in [4.78, 5) is 19.2. The molecule has 0 spiro atoms. The molecule has 1 fully saturated rings. The molecule has 3 aromatic carbocycles. The number of rotatable bonds is 3. The van der Waals surface area contributed by atoms with Crippen LogP contribution in [0.25, 0.3) is 10.9 Å². The summed E-state index contributed by atoms with van der Waals surface area (Å²) >= 11 is 3.78. The largest absolute Gasteiger partial charge is 0.497 e. The van der Waals surface area contributed by atoms with Crippen molar-refractivity contribution >= 4 is 32.7 Å². The van der Waals surface area contributed by atoms with Gasteiger partial charge in [0.15, 0.2) is 0 Å². The second-order valence-electron chi connectivity index (χ2n) is 9.58. The lowest BCUT2D eigenvalue weighted by atomic mass is 9.58. The van der Waals surface area contributed by atoms with E-state index in [4.69, 9.17) is 4.74 Å². The maximum atomic E-state index is 13.4. The molecule has 6 rings (SSSR count). The lowest BCUT2D eigenvalue weighted by molar-refractivity contribution is 0.0501. The molecule has 4 nitrogen and oxygen atoms in total. The highest BCUT2D eigenvalue weighted by Crippen LogP contribution is 2.50. The Kier molecular flexibility index (Phi) is 5.25. The highest BCUT2D eigenvalue weighted by Gasteiger charge is 2.49. The Morgan fingerprint density at radius 2 is 1.91 bits per heavy atom. The van der Waals surface area contributed by atoms with Crippen LogP contribution in [-0.2, 0) is 18.3 Å². The molecule has 1 unspecified atom stereocenters. The van der Waals surface area contributed by atoms with E-state index in [1.807, 2.05) is 36.4 Å². The van der Waals surface area contributed by atoms with Gasteiger partial charge >= 0.3 is 0 Å². The van der Waals surface area contributed by atoms with E-state index in [1.54, 1.807) is 7.11 Å². The Labute approximate surface area is 208 Å². The van der Waals surface area contributed by atoms with E-state index in [-0.39, 0.29) is 11.3 Å². The highest BCUT2D eigenvalue weighted by molar-refractivity contribution is 9.10. The van der Waals surface area contributed by atoms with E-state index < -0.39 is 0 Å². The van der Waals surface area contributed by atoms with Crippen molar-refractivity contribution < 1.29 is 9.53 Å². The number of aromatic amines is 1. The predicted molar refractivity (Wildman–Crippen MR) is 139 cm³/mol. The van der Waals surface area contributed by atoms with Gasteiger partial charge in [0.1, 0.15) is 5.75 Å². The van der Waals surface area contributed by atoms with Crippen LogP contribution in [0.1, 0.15) is 33.6 Å². The fourth-order valence-corrected chi connectivity index (χ4v) is 6.79. The molecule has 1 aromatic heterocycles.